The van der Waals surface area contributed by atoms with Crippen LogP contribution in [0.1, 0.15) is 44.7 Å². The zero-order chi connectivity index (χ0) is 18.3. The van der Waals surface area contributed by atoms with E-state index in [9.17, 15) is 13.2 Å². The van der Waals surface area contributed by atoms with Crippen LogP contribution in [0, 0.1) is 12.8 Å². The Balaban J connectivity index is 2.43. The maximum Gasteiger partial charge on any atom is 0.243 e. The van der Waals surface area contributed by atoms with E-state index >= 15 is 0 Å². The molecule has 0 unspecified atom stereocenters. The first-order chi connectivity index (χ1) is 10.9. The van der Waals surface area contributed by atoms with Crippen molar-refractivity contribution >= 4 is 31.9 Å². The topological polar surface area (TPSA) is 80.5 Å². The molecule has 0 aromatic heterocycles. The lowest BCUT2D eigenvalue weighted by molar-refractivity contribution is -0.122. The number of hydrogen-bond donors (Lipinski definition) is 1. The van der Waals surface area contributed by atoms with Gasteiger partial charge in [0, 0.05) is 23.5 Å². The van der Waals surface area contributed by atoms with Crippen molar-refractivity contribution in [2.24, 2.45) is 11.7 Å². The average molecular weight is 417 g/mol. The molecule has 1 aromatic carbocycles. The Morgan fingerprint density at radius 2 is 1.79 bits per heavy atom. The van der Waals surface area contributed by atoms with Crippen LogP contribution in [0.2, 0.25) is 0 Å². The number of amides is 1. The Morgan fingerprint density at radius 3 is 2.25 bits per heavy atom. The Bertz CT molecular complexity index is 746. The maximum atomic E-state index is 13.2. The predicted molar refractivity (Wildman–Crippen MR) is 98.3 cm³/mol. The number of carbonyl (C=O) groups excluding carboxylic acids is 1. The van der Waals surface area contributed by atoms with Crippen LogP contribution in [-0.2, 0) is 20.2 Å². The number of carbonyl (C=O) groups is 1. The van der Waals surface area contributed by atoms with Crippen LogP contribution in [0.15, 0.2) is 21.5 Å². The van der Waals surface area contributed by atoms with E-state index in [-0.39, 0.29) is 17.2 Å². The molecule has 0 saturated carbocycles. The molecule has 1 aromatic rings. The van der Waals surface area contributed by atoms with E-state index in [0.717, 1.165) is 15.6 Å². The molecule has 1 aliphatic heterocycles. The Labute approximate surface area is 152 Å². The number of hydrogen-bond acceptors (Lipinski definition) is 3. The molecule has 1 heterocycles. The molecule has 1 amide bonds. The van der Waals surface area contributed by atoms with Gasteiger partial charge in [-0.05, 0) is 48.4 Å². The van der Waals surface area contributed by atoms with Crippen LogP contribution >= 0.6 is 15.9 Å². The van der Waals surface area contributed by atoms with E-state index in [4.69, 9.17) is 5.73 Å². The molecular weight excluding hydrogens is 392 g/mol. The number of halogens is 1. The van der Waals surface area contributed by atoms with E-state index in [1.807, 2.05) is 33.8 Å². The van der Waals surface area contributed by atoms with Gasteiger partial charge in [0.05, 0.1) is 4.90 Å². The van der Waals surface area contributed by atoms with Gasteiger partial charge in [-0.1, -0.05) is 36.7 Å². The molecule has 0 atom stereocenters. The first-order valence-electron chi connectivity index (χ1n) is 8.04. The summed E-state index contributed by atoms with van der Waals surface area (Å²) in [6.45, 7) is 8.55. The van der Waals surface area contributed by atoms with Crippen LogP contribution in [0.4, 0.5) is 0 Å². The van der Waals surface area contributed by atoms with Crippen molar-refractivity contribution < 1.29 is 13.2 Å². The molecule has 0 spiro atoms. The van der Waals surface area contributed by atoms with Crippen molar-refractivity contribution in [3.8, 4) is 0 Å². The van der Waals surface area contributed by atoms with Crippen molar-refractivity contribution in [1.82, 2.24) is 4.31 Å². The minimum atomic E-state index is -3.60. The van der Waals surface area contributed by atoms with E-state index in [2.05, 4.69) is 15.9 Å². The Morgan fingerprint density at radius 1 is 1.25 bits per heavy atom. The second-order valence-corrected chi connectivity index (χ2v) is 10.2. The average Bonchev–Trinajstić information content (AvgIpc) is 2.48. The number of piperidine rings is 1. The summed E-state index contributed by atoms with van der Waals surface area (Å²) in [5, 5.41) is 0. The van der Waals surface area contributed by atoms with E-state index in [0.29, 0.717) is 30.8 Å². The molecule has 1 saturated heterocycles. The third kappa shape index (κ3) is 3.83. The fourth-order valence-electron chi connectivity index (χ4n) is 2.97. The van der Waals surface area contributed by atoms with Gasteiger partial charge in [0.2, 0.25) is 15.9 Å². The van der Waals surface area contributed by atoms with Gasteiger partial charge in [0.1, 0.15) is 0 Å². The van der Waals surface area contributed by atoms with Crippen LogP contribution in [0.25, 0.3) is 0 Å². The molecule has 134 valence electrons. The monoisotopic (exact) mass is 416 g/mol. The number of aryl methyl sites for hydroxylation is 1. The van der Waals surface area contributed by atoms with Gasteiger partial charge in [-0.25, -0.2) is 8.42 Å². The quantitative estimate of drug-likeness (QED) is 0.821. The van der Waals surface area contributed by atoms with Gasteiger partial charge >= 0.3 is 0 Å². The first kappa shape index (κ1) is 19.4. The standard InChI is InChI=1S/C17H25BrN2O3S/c1-11-9-15(13(10-14(11)18)17(2,3)4)24(22,23)20-7-5-12(6-8-20)16(19)21/h9-10,12H,5-8H2,1-4H3,(H2,19,21). The molecule has 2 N–H and O–H groups in total. The Kier molecular flexibility index (Phi) is 5.47. The minimum Gasteiger partial charge on any atom is -0.369 e. The molecule has 0 aliphatic carbocycles. The number of nitrogens with two attached hydrogens (primary N) is 1. The fourth-order valence-corrected chi connectivity index (χ4v) is 5.26. The zero-order valence-electron chi connectivity index (χ0n) is 14.6. The SMILES string of the molecule is Cc1cc(S(=O)(=O)N2CCC(C(N)=O)CC2)c(C(C)(C)C)cc1Br. The van der Waals surface area contributed by atoms with Crippen LogP contribution in [0.5, 0.6) is 0 Å². The van der Waals surface area contributed by atoms with Gasteiger partial charge < -0.3 is 5.73 Å². The summed E-state index contributed by atoms with van der Waals surface area (Å²) in [6, 6.07) is 3.64. The molecule has 1 fully saturated rings. The summed E-state index contributed by atoms with van der Waals surface area (Å²) in [7, 11) is -3.60. The molecule has 0 radical (unpaired) electrons. The summed E-state index contributed by atoms with van der Waals surface area (Å²) >= 11 is 3.50. The smallest absolute Gasteiger partial charge is 0.243 e. The van der Waals surface area contributed by atoms with Crippen molar-refractivity contribution in [2.75, 3.05) is 13.1 Å². The summed E-state index contributed by atoms with van der Waals surface area (Å²) in [5.74, 6) is -0.577. The number of rotatable bonds is 3. The third-order valence-electron chi connectivity index (χ3n) is 4.54. The highest BCUT2D eigenvalue weighted by atomic mass is 79.9. The molecule has 7 heteroatoms. The highest BCUT2D eigenvalue weighted by Crippen LogP contribution is 2.35. The lowest BCUT2D eigenvalue weighted by atomic mass is 9.86. The summed E-state index contributed by atoms with van der Waals surface area (Å²) in [6.07, 6.45) is 0.962. The van der Waals surface area contributed by atoms with Crippen LogP contribution in [0.3, 0.4) is 0 Å². The predicted octanol–water partition coefficient (Wildman–Crippen LogP) is 2.94. The summed E-state index contributed by atoms with van der Waals surface area (Å²) < 4.78 is 28.8. The molecular formula is C17H25BrN2O3S. The molecule has 1 aliphatic rings. The van der Waals surface area contributed by atoms with Gasteiger partial charge in [-0.3, -0.25) is 4.79 Å². The largest absolute Gasteiger partial charge is 0.369 e. The Hall–Kier alpha value is -0.920. The number of primary amides is 1. The molecule has 24 heavy (non-hydrogen) atoms. The van der Waals surface area contributed by atoms with Gasteiger partial charge in [0.25, 0.3) is 0 Å². The van der Waals surface area contributed by atoms with Gasteiger partial charge in [-0.2, -0.15) is 4.31 Å². The van der Waals surface area contributed by atoms with Crippen LogP contribution in [-0.4, -0.2) is 31.7 Å². The second-order valence-electron chi connectivity index (χ2n) is 7.43. The molecule has 5 nitrogen and oxygen atoms in total. The lowest BCUT2D eigenvalue weighted by Crippen LogP contribution is -2.42. The van der Waals surface area contributed by atoms with Crippen molar-refractivity contribution in [3.05, 3.63) is 27.7 Å². The van der Waals surface area contributed by atoms with Crippen LogP contribution < -0.4 is 5.73 Å². The van der Waals surface area contributed by atoms with Gasteiger partial charge in [0.15, 0.2) is 0 Å². The highest BCUT2D eigenvalue weighted by Gasteiger charge is 2.34. The van der Waals surface area contributed by atoms with E-state index < -0.39 is 10.0 Å². The summed E-state index contributed by atoms with van der Waals surface area (Å²) in [5.41, 5.74) is 6.71. The number of sulfonamides is 1. The summed E-state index contributed by atoms with van der Waals surface area (Å²) in [4.78, 5) is 11.7. The fraction of sp³-hybridized carbons (Fsp3) is 0.588. The minimum absolute atomic E-state index is 0.231. The first-order valence-corrected chi connectivity index (χ1v) is 10.3. The van der Waals surface area contributed by atoms with Gasteiger partial charge in [-0.15, -0.1) is 0 Å². The van der Waals surface area contributed by atoms with Crippen molar-refractivity contribution in [3.63, 3.8) is 0 Å². The highest BCUT2D eigenvalue weighted by molar-refractivity contribution is 9.10. The lowest BCUT2D eigenvalue weighted by Gasteiger charge is -2.32. The number of benzene rings is 1. The number of nitrogens with zero attached hydrogens (tertiary/aromatic N) is 1. The molecule has 2 rings (SSSR count). The van der Waals surface area contributed by atoms with E-state index in [1.54, 1.807) is 6.07 Å². The third-order valence-corrected chi connectivity index (χ3v) is 7.34. The van der Waals surface area contributed by atoms with E-state index in [1.165, 1.54) is 4.31 Å². The second kappa shape index (κ2) is 6.77. The van der Waals surface area contributed by atoms with Crippen molar-refractivity contribution in [1.29, 1.82) is 0 Å². The molecule has 0 bridgehead atoms. The zero-order valence-corrected chi connectivity index (χ0v) is 17.0. The normalized spacial score (nSPS) is 17.9. The maximum absolute atomic E-state index is 13.2. The van der Waals surface area contributed by atoms with Crippen molar-refractivity contribution in [2.45, 2.75) is 50.8 Å².